The van der Waals surface area contributed by atoms with Crippen LogP contribution in [-0.2, 0) is 0 Å². The molecule has 0 fully saturated rings. The molecule has 0 aromatic heterocycles. The maximum absolute atomic E-state index is 3.21. The van der Waals surface area contributed by atoms with Crippen molar-refractivity contribution in [1.82, 2.24) is 0 Å². The zero-order valence-corrected chi connectivity index (χ0v) is 15.0. The zero-order chi connectivity index (χ0) is 14.8. The Morgan fingerprint density at radius 2 is 0.667 bits per heavy atom. The third kappa shape index (κ3) is 2.47. The monoisotopic (exact) mass is 328 g/mol. The molecule has 0 aliphatic rings. The summed E-state index contributed by atoms with van der Waals surface area (Å²) in [5, 5.41) is 4.07. The first-order valence-corrected chi connectivity index (χ1v) is 12.4. The first kappa shape index (κ1) is 14.9. The van der Waals surface area contributed by atoms with E-state index in [2.05, 4.69) is 109 Å². The molecule has 2 unspecified atom stereocenters. The van der Waals surface area contributed by atoms with E-state index in [0.717, 1.165) is 0 Å². The summed E-state index contributed by atoms with van der Waals surface area (Å²) in [6.07, 6.45) is 0. The summed E-state index contributed by atoms with van der Waals surface area (Å²) >= 11 is 0. The van der Waals surface area contributed by atoms with Gasteiger partial charge in [0.25, 0.3) is 0 Å². The second kappa shape index (κ2) is 5.62. The molecule has 106 valence electrons. The fourth-order valence-electron chi connectivity index (χ4n) is 2.69. The summed E-state index contributed by atoms with van der Waals surface area (Å²) in [4.78, 5) is 0. The van der Waals surface area contributed by atoms with Crippen LogP contribution in [0.2, 0.25) is 0 Å². The van der Waals surface area contributed by atoms with E-state index in [1.807, 2.05) is 0 Å². The molecule has 3 aromatic carbocycles. The predicted octanol–water partition coefficient (Wildman–Crippen LogP) is 4.10. The van der Waals surface area contributed by atoms with Crippen LogP contribution in [0.3, 0.4) is 0 Å². The van der Waals surface area contributed by atoms with Gasteiger partial charge in [0.05, 0.1) is 0 Å². The molecule has 0 aliphatic carbocycles. The molecule has 0 N–H and O–H groups in total. The minimum atomic E-state index is -2.54. The first-order chi connectivity index (χ1) is 10.1. The van der Waals surface area contributed by atoms with Crippen molar-refractivity contribution in [3.63, 3.8) is 0 Å². The molecule has 3 aromatic rings. The van der Waals surface area contributed by atoms with Gasteiger partial charge in [-0.3, -0.25) is 0 Å². The Morgan fingerprint density at radius 3 is 0.905 bits per heavy atom. The molecule has 0 heterocycles. The molecule has 0 amide bonds. The number of hydrogen-bond acceptors (Lipinski definition) is 0. The topological polar surface area (TPSA) is 0 Å². The van der Waals surface area contributed by atoms with Crippen LogP contribution >= 0.6 is 23.8 Å². The van der Waals surface area contributed by atoms with Crippen LogP contribution in [0.4, 0.5) is 0 Å². The van der Waals surface area contributed by atoms with Gasteiger partial charge in [0.1, 0.15) is 0 Å². The van der Waals surface area contributed by atoms with Gasteiger partial charge >= 0.3 is 131 Å². The summed E-state index contributed by atoms with van der Waals surface area (Å²) in [5.74, 6) is -2.54. The fourth-order valence-corrected chi connectivity index (χ4v) is 9.13. The van der Waals surface area contributed by atoms with Crippen LogP contribution in [0.15, 0.2) is 91.0 Å². The van der Waals surface area contributed by atoms with Crippen molar-refractivity contribution in [3.05, 3.63) is 91.0 Å². The summed E-state index contributed by atoms with van der Waals surface area (Å²) in [7, 11) is 6.42. The van der Waals surface area contributed by atoms with E-state index < -0.39 is 5.98 Å². The molecule has 3 rings (SSSR count). The average molecular weight is 328 g/mol. The van der Waals surface area contributed by atoms with E-state index in [4.69, 9.17) is 0 Å². The number of rotatable bonds is 3. The van der Waals surface area contributed by atoms with Crippen LogP contribution in [0.1, 0.15) is 0 Å². The van der Waals surface area contributed by atoms with Gasteiger partial charge in [-0.05, 0) is 0 Å². The molecule has 0 radical (unpaired) electrons. The standard InChI is InChI=1S/C18H19P3/c19-21(20,16-10-4-1-5-11-16,17-12-6-2-7-13-17)18-14-8-3-9-15-18/h1-15H,19-20H2. The molecule has 0 spiro atoms. The first-order valence-electron chi connectivity index (χ1n) is 6.92. The Kier molecular flexibility index (Phi) is 3.98. The third-order valence-corrected chi connectivity index (χ3v) is 13.5. The van der Waals surface area contributed by atoms with Gasteiger partial charge < -0.3 is 0 Å². The van der Waals surface area contributed by atoms with E-state index in [1.165, 1.54) is 15.9 Å². The van der Waals surface area contributed by atoms with Gasteiger partial charge in [-0.15, -0.1) is 0 Å². The summed E-state index contributed by atoms with van der Waals surface area (Å²) in [5.41, 5.74) is 0. The van der Waals surface area contributed by atoms with E-state index in [1.54, 1.807) is 0 Å². The van der Waals surface area contributed by atoms with Crippen molar-refractivity contribution in [3.8, 4) is 0 Å². The van der Waals surface area contributed by atoms with Crippen LogP contribution < -0.4 is 15.9 Å². The molecule has 0 aliphatic heterocycles. The summed E-state index contributed by atoms with van der Waals surface area (Å²) < 4.78 is 0. The van der Waals surface area contributed by atoms with Gasteiger partial charge in [-0.25, -0.2) is 0 Å². The number of benzene rings is 3. The van der Waals surface area contributed by atoms with Crippen LogP contribution in [0.5, 0.6) is 0 Å². The maximum atomic E-state index is 3.21. The molecule has 0 saturated heterocycles. The minimum absolute atomic E-state index is 1.36. The Labute approximate surface area is 131 Å². The van der Waals surface area contributed by atoms with E-state index in [0.29, 0.717) is 0 Å². The third-order valence-electron chi connectivity index (χ3n) is 3.94. The molecule has 0 saturated carbocycles. The van der Waals surface area contributed by atoms with Crippen molar-refractivity contribution in [2.24, 2.45) is 0 Å². The van der Waals surface area contributed by atoms with E-state index in [-0.39, 0.29) is 0 Å². The van der Waals surface area contributed by atoms with Gasteiger partial charge in [-0.2, -0.15) is 0 Å². The van der Waals surface area contributed by atoms with Crippen molar-refractivity contribution in [2.45, 2.75) is 0 Å². The Hall–Kier alpha value is -1.05. The molecular formula is C18H19P3. The van der Waals surface area contributed by atoms with E-state index >= 15 is 0 Å². The van der Waals surface area contributed by atoms with Gasteiger partial charge in [0.2, 0.25) is 0 Å². The molecule has 0 bridgehead atoms. The second-order valence-corrected chi connectivity index (χ2v) is 17.6. The molecule has 3 heteroatoms. The van der Waals surface area contributed by atoms with Gasteiger partial charge in [0.15, 0.2) is 0 Å². The Morgan fingerprint density at radius 1 is 0.429 bits per heavy atom. The normalized spacial score (nSPS) is 13.3. The summed E-state index contributed by atoms with van der Waals surface area (Å²) in [6.45, 7) is 0. The second-order valence-electron chi connectivity index (χ2n) is 5.27. The van der Waals surface area contributed by atoms with Crippen LogP contribution in [-0.4, -0.2) is 0 Å². The Balaban J connectivity index is 2.36. The van der Waals surface area contributed by atoms with Gasteiger partial charge in [0, 0.05) is 0 Å². The van der Waals surface area contributed by atoms with Crippen LogP contribution in [0, 0.1) is 0 Å². The van der Waals surface area contributed by atoms with Crippen molar-refractivity contribution < 1.29 is 0 Å². The fraction of sp³-hybridized carbons (Fsp3) is 0. The summed E-state index contributed by atoms with van der Waals surface area (Å²) in [6, 6.07) is 32.4. The quantitative estimate of drug-likeness (QED) is 0.635. The van der Waals surface area contributed by atoms with Crippen molar-refractivity contribution in [1.29, 1.82) is 0 Å². The van der Waals surface area contributed by atoms with Crippen molar-refractivity contribution in [2.75, 3.05) is 0 Å². The molecular weight excluding hydrogens is 309 g/mol. The number of hydrogen-bond donors (Lipinski definition) is 0. The molecule has 21 heavy (non-hydrogen) atoms. The Bertz CT molecular complexity index is 619. The zero-order valence-electron chi connectivity index (χ0n) is 11.8. The average Bonchev–Trinajstić information content (AvgIpc) is 2.57. The van der Waals surface area contributed by atoms with E-state index in [9.17, 15) is 0 Å². The molecule has 2 atom stereocenters. The van der Waals surface area contributed by atoms with Crippen LogP contribution in [0.25, 0.3) is 0 Å². The molecule has 0 nitrogen and oxygen atoms in total. The SMILES string of the molecule is PP(P)(c1ccccc1)(c1ccccc1)c1ccccc1. The van der Waals surface area contributed by atoms with Gasteiger partial charge in [-0.1, -0.05) is 0 Å². The van der Waals surface area contributed by atoms with Crippen molar-refractivity contribution >= 4 is 39.8 Å². The predicted molar refractivity (Wildman–Crippen MR) is 105 cm³/mol.